The second kappa shape index (κ2) is 5.02. The highest BCUT2D eigenvalue weighted by atomic mass is 79.9. The van der Waals surface area contributed by atoms with Gasteiger partial charge in [0.15, 0.2) is 0 Å². The molecule has 1 aromatic heterocycles. The van der Waals surface area contributed by atoms with Crippen LogP contribution >= 0.6 is 15.9 Å². The topological polar surface area (TPSA) is 49.0 Å². The maximum absolute atomic E-state index is 13.4. The Morgan fingerprint density at radius 2 is 2.18 bits per heavy atom. The lowest BCUT2D eigenvalue weighted by Gasteiger charge is -2.05. The van der Waals surface area contributed by atoms with E-state index in [1.807, 2.05) is 6.07 Å². The molecule has 0 fully saturated rings. The van der Waals surface area contributed by atoms with E-state index in [-0.39, 0.29) is 11.6 Å². The lowest BCUT2D eigenvalue weighted by molar-refractivity contribution is 0.505. The molecule has 0 radical (unpaired) electrons. The lowest BCUT2D eigenvalue weighted by Crippen LogP contribution is -2.00. The van der Waals surface area contributed by atoms with Crippen LogP contribution < -0.4 is 5.32 Å². The Bertz CT molecular complexity index is 574. The fourth-order valence-corrected chi connectivity index (χ4v) is 1.68. The van der Waals surface area contributed by atoms with Crippen LogP contribution in [0.1, 0.15) is 11.5 Å². The molecule has 5 heteroatoms. The van der Waals surface area contributed by atoms with Crippen LogP contribution in [0.4, 0.5) is 10.1 Å². The van der Waals surface area contributed by atoms with Gasteiger partial charge in [0.25, 0.3) is 0 Å². The van der Waals surface area contributed by atoms with Gasteiger partial charge in [-0.25, -0.2) is 4.39 Å². The van der Waals surface area contributed by atoms with Gasteiger partial charge in [-0.05, 0) is 30.3 Å². The molecule has 0 atom stereocenters. The van der Waals surface area contributed by atoms with Crippen molar-refractivity contribution >= 4 is 21.6 Å². The summed E-state index contributed by atoms with van der Waals surface area (Å²) < 4.78 is 19.3. The third-order valence-electron chi connectivity index (χ3n) is 2.16. The number of hydrogen-bond donors (Lipinski definition) is 1. The van der Waals surface area contributed by atoms with Gasteiger partial charge in [-0.2, -0.15) is 5.26 Å². The zero-order chi connectivity index (χ0) is 12.3. The van der Waals surface area contributed by atoms with E-state index in [1.54, 1.807) is 24.3 Å². The standard InChI is InChI=1S/C12H8BrFN2O/c13-8-1-4-12(11(14)5-8)16-7-10-3-2-9(6-15)17-10/h1-5,16H,7H2. The molecule has 0 unspecified atom stereocenters. The van der Waals surface area contributed by atoms with E-state index in [4.69, 9.17) is 9.68 Å². The van der Waals surface area contributed by atoms with Gasteiger partial charge in [-0.3, -0.25) is 0 Å². The van der Waals surface area contributed by atoms with Crippen molar-refractivity contribution in [1.29, 1.82) is 5.26 Å². The molecule has 0 amide bonds. The SMILES string of the molecule is N#Cc1ccc(CNc2ccc(Br)cc2F)o1. The Balaban J connectivity index is 2.05. The van der Waals surface area contributed by atoms with Gasteiger partial charge in [-0.15, -0.1) is 0 Å². The van der Waals surface area contributed by atoms with Crippen LogP contribution in [0.25, 0.3) is 0 Å². The number of nitriles is 1. The van der Waals surface area contributed by atoms with Crippen molar-refractivity contribution < 1.29 is 8.81 Å². The minimum absolute atomic E-state index is 0.248. The van der Waals surface area contributed by atoms with Crippen LogP contribution in [0, 0.1) is 17.1 Å². The summed E-state index contributed by atoms with van der Waals surface area (Å²) in [4.78, 5) is 0. The molecule has 1 aromatic carbocycles. The van der Waals surface area contributed by atoms with E-state index in [0.717, 1.165) is 0 Å². The average molecular weight is 295 g/mol. The Kier molecular flexibility index (Phi) is 3.45. The summed E-state index contributed by atoms with van der Waals surface area (Å²) in [7, 11) is 0. The van der Waals surface area contributed by atoms with Crippen molar-refractivity contribution in [3.63, 3.8) is 0 Å². The van der Waals surface area contributed by atoms with Gasteiger partial charge >= 0.3 is 0 Å². The van der Waals surface area contributed by atoms with Crippen LogP contribution in [-0.4, -0.2) is 0 Å². The molecular formula is C12H8BrFN2O. The first-order valence-electron chi connectivity index (χ1n) is 4.87. The normalized spacial score (nSPS) is 9.94. The highest BCUT2D eigenvalue weighted by molar-refractivity contribution is 9.10. The molecule has 0 saturated heterocycles. The van der Waals surface area contributed by atoms with Crippen molar-refractivity contribution in [2.24, 2.45) is 0 Å². The smallest absolute Gasteiger partial charge is 0.203 e. The number of rotatable bonds is 3. The Labute approximate surface area is 106 Å². The van der Waals surface area contributed by atoms with E-state index < -0.39 is 0 Å². The minimum Gasteiger partial charge on any atom is -0.449 e. The van der Waals surface area contributed by atoms with Crippen molar-refractivity contribution in [1.82, 2.24) is 0 Å². The minimum atomic E-state index is -0.341. The highest BCUT2D eigenvalue weighted by Gasteiger charge is 2.04. The van der Waals surface area contributed by atoms with Gasteiger partial charge < -0.3 is 9.73 Å². The molecule has 0 aliphatic rings. The summed E-state index contributed by atoms with van der Waals surface area (Å²) in [5.41, 5.74) is 0.392. The number of benzene rings is 1. The monoisotopic (exact) mass is 294 g/mol. The van der Waals surface area contributed by atoms with Gasteiger partial charge in [0.1, 0.15) is 17.6 Å². The number of nitrogens with one attached hydrogen (secondary N) is 1. The summed E-state index contributed by atoms with van der Waals surface area (Å²) in [6.45, 7) is 0.334. The van der Waals surface area contributed by atoms with Crippen LogP contribution in [0.5, 0.6) is 0 Å². The number of hydrogen-bond acceptors (Lipinski definition) is 3. The highest BCUT2D eigenvalue weighted by Crippen LogP contribution is 2.20. The van der Waals surface area contributed by atoms with Gasteiger partial charge in [0.2, 0.25) is 5.76 Å². The maximum atomic E-state index is 13.4. The van der Waals surface area contributed by atoms with Crippen molar-refractivity contribution in [3.05, 3.63) is 52.1 Å². The summed E-state index contributed by atoms with van der Waals surface area (Å²) >= 11 is 3.18. The predicted octanol–water partition coefficient (Wildman–Crippen LogP) is 3.66. The summed E-state index contributed by atoms with van der Waals surface area (Å²) in [6, 6.07) is 9.91. The molecule has 3 nitrogen and oxygen atoms in total. The number of halogens is 2. The van der Waals surface area contributed by atoms with E-state index in [0.29, 0.717) is 22.5 Å². The van der Waals surface area contributed by atoms with Gasteiger partial charge in [0.05, 0.1) is 12.2 Å². The molecule has 17 heavy (non-hydrogen) atoms. The summed E-state index contributed by atoms with van der Waals surface area (Å²) in [5.74, 6) is 0.494. The first-order valence-corrected chi connectivity index (χ1v) is 5.66. The second-order valence-corrected chi connectivity index (χ2v) is 4.27. The fraction of sp³-hybridized carbons (Fsp3) is 0.0833. The van der Waals surface area contributed by atoms with Gasteiger partial charge in [0, 0.05) is 4.47 Å². The Hall–Kier alpha value is -1.80. The summed E-state index contributed by atoms with van der Waals surface area (Å²) in [6.07, 6.45) is 0. The molecule has 1 heterocycles. The Morgan fingerprint density at radius 1 is 1.35 bits per heavy atom. The zero-order valence-corrected chi connectivity index (χ0v) is 10.3. The van der Waals surface area contributed by atoms with Crippen molar-refractivity contribution in [2.75, 3.05) is 5.32 Å². The molecule has 0 saturated carbocycles. The van der Waals surface area contributed by atoms with Crippen LogP contribution in [0.3, 0.4) is 0 Å². The zero-order valence-electron chi connectivity index (χ0n) is 8.71. The number of anilines is 1. The average Bonchev–Trinajstić information content (AvgIpc) is 2.76. The van der Waals surface area contributed by atoms with E-state index in [2.05, 4.69) is 21.2 Å². The molecular weight excluding hydrogens is 287 g/mol. The predicted molar refractivity (Wildman–Crippen MR) is 64.8 cm³/mol. The van der Waals surface area contributed by atoms with E-state index >= 15 is 0 Å². The van der Waals surface area contributed by atoms with Crippen LogP contribution in [-0.2, 0) is 6.54 Å². The molecule has 0 spiro atoms. The molecule has 0 aliphatic heterocycles. The Morgan fingerprint density at radius 3 is 2.82 bits per heavy atom. The van der Waals surface area contributed by atoms with Gasteiger partial charge in [-0.1, -0.05) is 15.9 Å². The fourth-order valence-electron chi connectivity index (χ4n) is 1.35. The van der Waals surface area contributed by atoms with E-state index in [9.17, 15) is 4.39 Å². The summed E-state index contributed by atoms with van der Waals surface area (Å²) in [5, 5.41) is 11.5. The molecule has 86 valence electrons. The largest absolute Gasteiger partial charge is 0.449 e. The molecule has 0 bridgehead atoms. The first-order chi connectivity index (χ1) is 8.19. The third-order valence-corrected chi connectivity index (χ3v) is 2.65. The lowest BCUT2D eigenvalue weighted by atomic mass is 10.3. The second-order valence-electron chi connectivity index (χ2n) is 3.36. The molecule has 2 rings (SSSR count). The van der Waals surface area contributed by atoms with Crippen LogP contribution in [0.2, 0.25) is 0 Å². The first kappa shape index (κ1) is 11.7. The van der Waals surface area contributed by atoms with E-state index in [1.165, 1.54) is 6.07 Å². The molecule has 2 aromatic rings. The molecule has 0 aliphatic carbocycles. The molecule has 1 N–H and O–H groups in total. The van der Waals surface area contributed by atoms with Crippen molar-refractivity contribution in [3.8, 4) is 6.07 Å². The number of nitrogens with zero attached hydrogens (tertiary/aromatic N) is 1. The third kappa shape index (κ3) is 2.86. The number of furan rings is 1. The maximum Gasteiger partial charge on any atom is 0.203 e. The quantitative estimate of drug-likeness (QED) is 0.940. The van der Waals surface area contributed by atoms with Crippen LogP contribution in [0.15, 0.2) is 39.2 Å². The van der Waals surface area contributed by atoms with Crippen molar-refractivity contribution in [2.45, 2.75) is 6.54 Å².